The van der Waals surface area contributed by atoms with E-state index in [4.69, 9.17) is 16.3 Å². The van der Waals surface area contributed by atoms with Gasteiger partial charge in [-0.2, -0.15) is 0 Å². The number of rotatable bonds is 9. The van der Waals surface area contributed by atoms with Crippen LogP contribution in [0.25, 0.3) is 11.3 Å². The third-order valence-electron chi connectivity index (χ3n) is 6.58. The van der Waals surface area contributed by atoms with Gasteiger partial charge in [0.05, 0.1) is 36.1 Å². The van der Waals surface area contributed by atoms with Crippen molar-refractivity contribution in [3.8, 4) is 17.0 Å². The molecule has 37 heavy (non-hydrogen) atoms. The molecule has 6 nitrogen and oxygen atoms in total. The molecule has 0 radical (unpaired) electrons. The van der Waals surface area contributed by atoms with Crippen LogP contribution in [-0.4, -0.2) is 53.3 Å². The highest BCUT2D eigenvalue weighted by molar-refractivity contribution is 6.17. The first-order chi connectivity index (χ1) is 17.8. The van der Waals surface area contributed by atoms with Gasteiger partial charge in [0.25, 0.3) is 6.43 Å². The van der Waals surface area contributed by atoms with Crippen molar-refractivity contribution >= 4 is 17.4 Å². The van der Waals surface area contributed by atoms with E-state index < -0.39 is 29.7 Å². The Labute approximate surface area is 217 Å². The summed E-state index contributed by atoms with van der Waals surface area (Å²) in [6.07, 6.45) is -2.79. The maximum atomic E-state index is 14.6. The Balaban J connectivity index is 1.64. The molecule has 1 aromatic heterocycles. The van der Waals surface area contributed by atoms with E-state index in [0.29, 0.717) is 25.2 Å². The van der Waals surface area contributed by atoms with Crippen LogP contribution < -0.4 is 15.0 Å². The smallest absolute Gasteiger partial charge is 0.265 e. The summed E-state index contributed by atoms with van der Waals surface area (Å²) < 4.78 is 61.2. The molecular weight excluding hydrogens is 512 g/mol. The van der Waals surface area contributed by atoms with E-state index in [2.05, 4.69) is 15.3 Å². The van der Waals surface area contributed by atoms with Gasteiger partial charge in [0, 0.05) is 31.3 Å². The molecular formula is C26H27ClF4N4O2. The second kappa shape index (κ2) is 11.6. The SMILES string of the molecule is COc1cc(F)c(-c2cnc(N3CCC[C@](NCc4ccccc4)([C@H](O)C(F)F)C3)c(CCl)n2)cc1F. The molecule has 1 saturated heterocycles. The molecule has 0 amide bonds. The molecule has 0 saturated carbocycles. The summed E-state index contributed by atoms with van der Waals surface area (Å²) in [7, 11) is 1.23. The largest absolute Gasteiger partial charge is 0.494 e. The standard InChI is InChI=1S/C26H27ClF4N4O2/c1-37-22-11-18(28)17(10-19(22)29)21-14-32-25(20(12-27)34-21)35-9-5-8-26(15-35,23(36)24(30)31)33-13-16-6-3-2-4-7-16/h2-4,6-7,10-11,14,23-24,33,36H,5,8-9,12-13,15H2,1H3/t23-,26-/m1/s1. The minimum atomic E-state index is -2.96. The number of halogens is 5. The quantitative estimate of drug-likeness (QED) is 0.298. The van der Waals surface area contributed by atoms with Crippen LogP contribution in [0.5, 0.6) is 5.75 Å². The molecule has 0 unspecified atom stereocenters. The second-order valence-corrected chi connectivity index (χ2v) is 9.19. The first-order valence-electron chi connectivity index (χ1n) is 11.7. The molecule has 1 fully saturated rings. The number of aliphatic hydroxyl groups is 1. The molecule has 2 atom stereocenters. The lowest BCUT2D eigenvalue weighted by Crippen LogP contribution is -2.65. The molecule has 11 heteroatoms. The summed E-state index contributed by atoms with van der Waals surface area (Å²) in [5.41, 5.74) is -0.205. The zero-order chi connectivity index (χ0) is 26.6. The van der Waals surface area contributed by atoms with Crippen molar-refractivity contribution in [3.05, 3.63) is 71.6 Å². The number of hydrogen-bond acceptors (Lipinski definition) is 6. The molecule has 2 aromatic carbocycles. The zero-order valence-electron chi connectivity index (χ0n) is 20.1. The van der Waals surface area contributed by atoms with Crippen LogP contribution in [0.4, 0.5) is 23.4 Å². The average molecular weight is 539 g/mol. The maximum Gasteiger partial charge on any atom is 0.265 e. The summed E-state index contributed by atoms with van der Waals surface area (Å²) in [5, 5.41) is 13.7. The predicted octanol–water partition coefficient (Wildman–Crippen LogP) is 4.92. The molecule has 4 rings (SSSR count). The Hall–Kier alpha value is -2.95. The van der Waals surface area contributed by atoms with E-state index in [1.165, 1.54) is 13.3 Å². The van der Waals surface area contributed by atoms with Crippen LogP contribution in [0, 0.1) is 11.6 Å². The number of nitrogens with one attached hydrogen (secondary N) is 1. The van der Waals surface area contributed by atoms with Crippen molar-refractivity contribution in [2.24, 2.45) is 0 Å². The highest BCUT2D eigenvalue weighted by Crippen LogP contribution is 2.34. The van der Waals surface area contributed by atoms with Gasteiger partial charge >= 0.3 is 0 Å². The number of aliphatic hydroxyl groups excluding tert-OH is 1. The number of anilines is 1. The Morgan fingerprint density at radius 2 is 1.95 bits per heavy atom. The average Bonchev–Trinajstić information content (AvgIpc) is 2.92. The van der Waals surface area contributed by atoms with Crippen molar-refractivity contribution in [2.45, 2.75) is 43.3 Å². The monoisotopic (exact) mass is 538 g/mol. The van der Waals surface area contributed by atoms with Gasteiger partial charge in [-0.25, -0.2) is 27.5 Å². The first kappa shape index (κ1) is 27.1. The van der Waals surface area contributed by atoms with Gasteiger partial charge in [-0.05, 0) is 24.5 Å². The number of aromatic nitrogens is 2. The molecule has 2 heterocycles. The summed E-state index contributed by atoms with van der Waals surface area (Å²) in [6.45, 7) is 0.775. The second-order valence-electron chi connectivity index (χ2n) is 8.93. The number of nitrogens with zero attached hydrogens (tertiary/aromatic N) is 3. The number of alkyl halides is 3. The number of benzene rings is 2. The van der Waals surface area contributed by atoms with Gasteiger partial charge in [0.2, 0.25) is 0 Å². The molecule has 0 aliphatic carbocycles. The number of methoxy groups -OCH3 is 1. The third kappa shape index (κ3) is 5.81. The van der Waals surface area contributed by atoms with Crippen molar-refractivity contribution in [2.75, 3.05) is 25.1 Å². The fourth-order valence-electron chi connectivity index (χ4n) is 4.66. The predicted molar refractivity (Wildman–Crippen MR) is 133 cm³/mol. The van der Waals surface area contributed by atoms with Crippen LogP contribution in [0.3, 0.4) is 0 Å². The Kier molecular flexibility index (Phi) is 8.51. The summed E-state index contributed by atoms with van der Waals surface area (Å²) in [6, 6.07) is 11.2. The van der Waals surface area contributed by atoms with Gasteiger partial charge in [0.1, 0.15) is 11.9 Å². The number of hydrogen-bond donors (Lipinski definition) is 2. The fraction of sp³-hybridized carbons (Fsp3) is 0.385. The van der Waals surface area contributed by atoms with E-state index in [-0.39, 0.29) is 41.7 Å². The lowest BCUT2D eigenvalue weighted by atomic mass is 9.83. The molecule has 0 spiro atoms. The van der Waals surface area contributed by atoms with E-state index >= 15 is 0 Å². The highest BCUT2D eigenvalue weighted by atomic mass is 35.5. The molecule has 2 N–H and O–H groups in total. The van der Waals surface area contributed by atoms with E-state index in [1.807, 2.05) is 30.3 Å². The Bertz CT molecular complexity index is 1220. The summed E-state index contributed by atoms with van der Waals surface area (Å²) >= 11 is 6.15. The molecule has 1 aliphatic heterocycles. The summed E-state index contributed by atoms with van der Waals surface area (Å²) in [4.78, 5) is 10.6. The van der Waals surface area contributed by atoms with Crippen LogP contribution in [0.15, 0.2) is 48.7 Å². The minimum absolute atomic E-state index is 0.0226. The van der Waals surface area contributed by atoms with Crippen LogP contribution in [-0.2, 0) is 12.4 Å². The molecule has 1 aliphatic rings. The van der Waals surface area contributed by atoms with Crippen molar-refractivity contribution in [3.63, 3.8) is 0 Å². The zero-order valence-corrected chi connectivity index (χ0v) is 20.9. The van der Waals surface area contributed by atoms with Crippen LogP contribution in [0.2, 0.25) is 0 Å². The van der Waals surface area contributed by atoms with E-state index in [9.17, 15) is 22.7 Å². The van der Waals surface area contributed by atoms with Crippen molar-refractivity contribution < 1.29 is 27.4 Å². The van der Waals surface area contributed by atoms with Crippen molar-refractivity contribution in [1.82, 2.24) is 15.3 Å². The number of piperidine rings is 1. The van der Waals surface area contributed by atoms with Gasteiger partial charge < -0.3 is 20.1 Å². The highest BCUT2D eigenvalue weighted by Gasteiger charge is 2.46. The van der Waals surface area contributed by atoms with Gasteiger partial charge in [0.15, 0.2) is 17.4 Å². The lowest BCUT2D eigenvalue weighted by Gasteiger charge is -2.46. The van der Waals surface area contributed by atoms with Gasteiger partial charge in [-0.3, -0.25) is 0 Å². The van der Waals surface area contributed by atoms with Crippen LogP contribution in [0.1, 0.15) is 24.1 Å². The maximum absolute atomic E-state index is 14.6. The van der Waals surface area contributed by atoms with E-state index in [0.717, 1.165) is 17.7 Å². The minimum Gasteiger partial charge on any atom is -0.494 e. The van der Waals surface area contributed by atoms with Gasteiger partial charge in [-0.15, -0.1) is 11.6 Å². The fourth-order valence-corrected chi connectivity index (χ4v) is 4.84. The van der Waals surface area contributed by atoms with Crippen molar-refractivity contribution in [1.29, 1.82) is 0 Å². The Morgan fingerprint density at radius 1 is 1.19 bits per heavy atom. The van der Waals surface area contributed by atoms with E-state index in [1.54, 1.807) is 4.90 Å². The summed E-state index contributed by atoms with van der Waals surface area (Å²) in [5.74, 6) is -1.52. The lowest BCUT2D eigenvalue weighted by molar-refractivity contribution is -0.0658. The topological polar surface area (TPSA) is 70.5 Å². The molecule has 0 bridgehead atoms. The molecule has 198 valence electrons. The Morgan fingerprint density at radius 3 is 2.62 bits per heavy atom. The normalized spacial score (nSPS) is 18.8. The first-order valence-corrected chi connectivity index (χ1v) is 12.3. The number of ether oxygens (including phenoxy) is 1. The molecule has 3 aromatic rings. The van der Waals surface area contributed by atoms with Gasteiger partial charge in [-0.1, -0.05) is 30.3 Å². The third-order valence-corrected chi connectivity index (χ3v) is 6.84. The van der Waals surface area contributed by atoms with Crippen LogP contribution >= 0.6 is 11.6 Å².